The Kier molecular flexibility index (Phi) is 3.19. The van der Waals surface area contributed by atoms with Gasteiger partial charge in [0.1, 0.15) is 11.8 Å². The monoisotopic (exact) mass is 334 g/mol. The van der Waals surface area contributed by atoms with Gasteiger partial charge < -0.3 is 9.26 Å². The second kappa shape index (κ2) is 5.66. The Labute approximate surface area is 142 Å². The molecule has 8 heteroatoms. The van der Waals surface area contributed by atoms with E-state index < -0.39 is 0 Å². The number of rotatable bonds is 4. The maximum Gasteiger partial charge on any atom is 0.258 e. The Morgan fingerprint density at radius 1 is 1.16 bits per heavy atom. The first kappa shape index (κ1) is 14.1. The number of ether oxygens (including phenoxy) is 1. The van der Waals surface area contributed by atoms with Crippen molar-refractivity contribution in [2.24, 2.45) is 0 Å². The lowest BCUT2D eigenvalue weighted by Gasteiger charge is -2.25. The van der Waals surface area contributed by atoms with E-state index in [1.807, 2.05) is 22.7 Å². The highest BCUT2D eigenvalue weighted by Crippen LogP contribution is 2.27. The molecule has 0 saturated heterocycles. The second-order valence-electron chi connectivity index (χ2n) is 5.92. The molecule has 4 aromatic rings. The molecule has 0 aliphatic heterocycles. The number of hydrogen-bond acceptors (Lipinski definition) is 7. The topological polar surface area (TPSA) is 91.2 Å². The van der Waals surface area contributed by atoms with Gasteiger partial charge in [-0.15, -0.1) is 0 Å². The van der Waals surface area contributed by atoms with Crippen LogP contribution in [0.2, 0.25) is 0 Å². The van der Waals surface area contributed by atoms with Gasteiger partial charge >= 0.3 is 0 Å². The van der Waals surface area contributed by atoms with Gasteiger partial charge in [-0.05, 0) is 25.3 Å². The summed E-state index contributed by atoms with van der Waals surface area (Å²) in [6, 6.07) is 3.65. The molecule has 0 atom stereocenters. The third-order valence-corrected chi connectivity index (χ3v) is 4.29. The zero-order valence-electron chi connectivity index (χ0n) is 13.2. The van der Waals surface area contributed by atoms with Crippen LogP contribution in [0.3, 0.4) is 0 Å². The molecule has 0 N–H and O–H groups in total. The van der Waals surface area contributed by atoms with E-state index in [0.717, 1.165) is 29.7 Å². The van der Waals surface area contributed by atoms with Gasteiger partial charge in [0, 0.05) is 30.2 Å². The minimum absolute atomic E-state index is 0.271. The first-order valence-corrected chi connectivity index (χ1v) is 8.11. The Balaban J connectivity index is 1.47. The van der Waals surface area contributed by atoms with Crippen molar-refractivity contribution in [3.63, 3.8) is 0 Å². The molecule has 0 unspecified atom stereocenters. The van der Waals surface area contributed by atoms with E-state index in [-0.39, 0.29) is 6.10 Å². The summed E-state index contributed by atoms with van der Waals surface area (Å²) in [5, 5.41) is 4.07. The quantitative estimate of drug-likeness (QED) is 0.566. The molecule has 4 aromatic heterocycles. The first-order valence-electron chi connectivity index (χ1n) is 8.11. The van der Waals surface area contributed by atoms with Gasteiger partial charge in [-0.3, -0.25) is 9.38 Å². The van der Waals surface area contributed by atoms with E-state index in [4.69, 9.17) is 9.26 Å². The minimum Gasteiger partial charge on any atom is -0.474 e. The Morgan fingerprint density at radius 2 is 2.12 bits per heavy atom. The molecule has 8 nitrogen and oxygen atoms in total. The molecule has 1 aliphatic rings. The van der Waals surface area contributed by atoms with Gasteiger partial charge in [0.15, 0.2) is 5.65 Å². The molecule has 25 heavy (non-hydrogen) atoms. The highest BCUT2D eigenvalue weighted by atomic mass is 16.5. The van der Waals surface area contributed by atoms with E-state index in [1.54, 1.807) is 24.8 Å². The van der Waals surface area contributed by atoms with Gasteiger partial charge in [-0.1, -0.05) is 5.16 Å². The number of nitrogens with zero attached hydrogens (tertiary/aromatic N) is 6. The average Bonchev–Trinajstić information content (AvgIpc) is 3.25. The van der Waals surface area contributed by atoms with Crippen molar-refractivity contribution in [2.75, 3.05) is 0 Å². The fraction of sp³-hybridized carbons (Fsp3) is 0.235. The van der Waals surface area contributed by atoms with Crippen molar-refractivity contribution in [1.29, 1.82) is 0 Å². The Morgan fingerprint density at radius 3 is 3.00 bits per heavy atom. The SMILES string of the molecule is c1cn2c(-c3noc(-c4ccnc(OC5CCC5)c4)n3)cnc2cn1. The van der Waals surface area contributed by atoms with E-state index >= 15 is 0 Å². The number of hydrogen-bond donors (Lipinski definition) is 0. The lowest BCUT2D eigenvalue weighted by Crippen LogP contribution is -2.24. The zero-order valence-corrected chi connectivity index (χ0v) is 13.2. The van der Waals surface area contributed by atoms with Crippen LogP contribution in [0.4, 0.5) is 0 Å². The number of imidazole rings is 1. The fourth-order valence-corrected chi connectivity index (χ4v) is 2.72. The second-order valence-corrected chi connectivity index (χ2v) is 5.92. The van der Waals surface area contributed by atoms with Crippen molar-refractivity contribution >= 4 is 5.65 Å². The highest BCUT2D eigenvalue weighted by Gasteiger charge is 2.20. The van der Waals surface area contributed by atoms with Crippen molar-refractivity contribution in [1.82, 2.24) is 29.5 Å². The largest absolute Gasteiger partial charge is 0.474 e. The zero-order chi connectivity index (χ0) is 16.6. The van der Waals surface area contributed by atoms with Crippen molar-refractivity contribution < 1.29 is 9.26 Å². The lowest BCUT2D eigenvalue weighted by atomic mass is 9.96. The molecule has 4 heterocycles. The van der Waals surface area contributed by atoms with Crippen LogP contribution in [0.5, 0.6) is 5.88 Å². The van der Waals surface area contributed by atoms with Crippen LogP contribution in [-0.2, 0) is 0 Å². The number of aromatic nitrogens is 6. The molecule has 5 rings (SSSR count). The van der Waals surface area contributed by atoms with Crippen LogP contribution in [0.15, 0.2) is 47.6 Å². The van der Waals surface area contributed by atoms with Crippen molar-refractivity contribution in [3.05, 3.63) is 43.1 Å². The molecule has 0 spiro atoms. The number of fused-ring (bicyclic) bond motifs is 1. The molecule has 124 valence electrons. The van der Waals surface area contributed by atoms with Gasteiger partial charge in [-0.25, -0.2) is 9.97 Å². The predicted molar refractivity (Wildman–Crippen MR) is 87.8 cm³/mol. The normalized spacial score (nSPS) is 14.6. The Bertz CT molecular complexity index is 1040. The third-order valence-electron chi connectivity index (χ3n) is 4.29. The maximum atomic E-state index is 5.83. The molecule has 0 amide bonds. The molecule has 0 bridgehead atoms. The molecular formula is C17H14N6O2. The Hall–Kier alpha value is -3.29. The average molecular weight is 334 g/mol. The van der Waals surface area contributed by atoms with Gasteiger partial charge in [0.2, 0.25) is 11.7 Å². The summed E-state index contributed by atoms with van der Waals surface area (Å²) >= 11 is 0. The van der Waals surface area contributed by atoms with Crippen LogP contribution in [0.1, 0.15) is 19.3 Å². The standard InChI is InChI=1S/C17H14N6O2/c1-2-12(3-1)24-15-8-11(4-5-19-15)17-21-16(22-25-17)13-9-20-14-10-18-6-7-23(13)14/h4-10,12H,1-3H2. The maximum absolute atomic E-state index is 5.83. The third kappa shape index (κ3) is 2.51. The molecular weight excluding hydrogens is 320 g/mol. The van der Waals surface area contributed by atoms with Gasteiger partial charge in [-0.2, -0.15) is 4.98 Å². The smallest absolute Gasteiger partial charge is 0.258 e. The van der Waals surface area contributed by atoms with E-state index in [1.165, 1.54) is 6.42 Å². The van der Waals surface area contributed by atoms with E-state index in [9.17, 15) is 0 Å². The molecule has 0 radical (unpaired) electrons. The number of pyridine rings is 1. The van der Waals surface area contributed by atoms with Crippen LogP contribution in [-0.4, -0.2) is 35.6 Å². The summed E-state index contributed by atoms with van der Waals surface area (Å²) in [5.41, 5.74) is 2.25. The molecule has 1 fully saturated rings. The summed E-state index contributed by atoms with van der Waals surface area (Å²) < 4.78 is 13.1. The fourth-order valence-electron chi connectivity index (χ4n) is 2.72. The van der Waals surface area contributed by atoms with Gasteiger partial charge in [0.25, 0.3) is 5.89 Å². The van der Waals surface area contributed by atoms with Crippen LogP contribution in [0, 0.1) is 0 Å². The van der Waals surface area contributed by atoms with Crippen molar-refractivity contribution in [2.45, 2.75) is 25.4 Å². The summed E-state index contributed by atoms with van der Waals surface area (Å²) in [6.07, 6.45) is 12.2. The molecule has 1 aliphatic carbocycles. The first-order chi connectivity index (χ1) is 12.4. The summed E-state index contributed by atoms with van der Waals surface area (Å²) in [6.45, 7) is 0. The summed E-state index contributed by atoms with van der Waals surface area (Å²) in [5.74, 6) is 1.47. The predicted octanol–water partition coefficient (Wildman–Crippen LogP) is 2.77. The van der Waals surface area contributed by atoms with E-state index in [2.05, 4.69) is 25.1 Å². The van der Waals surface area contributed by atoms with Crippen molar-refractivity contribution in [3.8, 4) is 28.9 Å². The van der Waals surface area contributed by atoms with Gasteiger partial charge in [0.05, 0.1) is 12.4 Å². The highest BCUT2D eigenvalue weighted by molar-refractivity contribution is 5.60. The van der Waals surface area contributed by atoms with Crippen LogP contribution in [0.25, 0.3) is 28.6 Å². The summed E-state index contributed by atoms with van der Waals surface area (Å²) in [7, 11) is 0. The van der Waals surface area contributed by atoms with Crippen LogP contribution < -0.4 is 4.74 Å². The molecule has 1 saturated carbocycles. The minimum atomic E-state index is 0.271. The lowest BCUT2D eigenvalue weighted by molar-refractivity contribution is 0.114. The molecule has 0 aromatic carbocycles. The van der Waals surface area contributed by atoms with E-state index in [0.29, 0.717) is 17.6 Å². The van der Waals surface area contributed by atoms with Crippen LogP contribution >= 0.6 is 0 Å². The summed E-state index contributed by atoms with van der Waals surface area (Å²) in [4.78, 5) is 17.1.